The fraction of sp³-hybridized carbons (Fsp3) is 0.519. The zero-order valence-corrected chi connectivity index (χ0v) is 21.9. The minimum absolute atomic E-state index is 0.0258. The van der Waals surface area contributed by atoms with Gasteiger partial charge in [0, 0.05) is 16.2 Å². The highest BCUT2D eigenvalue weighted by atomic mass is 79.9. The molecule has 35 heavy (non-hydrogen) atoms. The third-order valence-corrected chi connectivity index (χ3v) is 7.87. The van der Waals surface area contributed by atoms with Crippen molar-refractivity contribution in [2.45, 2.75) is 77.7 Å². The number of alkyl halides is 3. The molecule has 1 unspecified atom stereocenters. The molecule has 0 heterocycles. The van der Waals surface area contributed by atoms with E-state index in [0.29, 0.717) is 11.6 Å². The summed E-state index contributed by atoms with van der Waals surface area (Å²) in [5.74, 6) is 0.305. The van der Waals surface area contributed by atoms with Crippen LogP contribution in [-0.2, 0) is 6.42 Å². The van der Waals surface area contributed by atoms with Gasteiger partial charge in [0.15, 0.2) is 0 Å². The molecule has 2 amide bonds. The predicted molar refractivity (Wildman–Crippen MR) is 134 cm³/mol. The van der Waals surface area contributed by atoms with Crippen LogP contribution in [0.15, 0.2) is 46.9 Å². The molecular weight excluding hydrogens is 521 g/mol. The lowest BCUT2D eigenvalue weighted by atomic mass is 9.71. The fourth-order valence-corrected chi connectivity index (χ4v) is 5.97. The van der Waals surface area contributed by atoms with Crippen molar-refractivity contribution >= 4 is 27.6 Å². The van der Waals surface area contributed by atoms with Gasteiger partial charge in [-0.15, -0.1) is 13.2 Å². The maximum Gasteiger partial charge on any atom is 0.573 e. The number of rotatable bonds is 4. The highest BCUT2D eigenvalue weighted by molar-refractivity contribution is 9.10. The molecule has 0 aromatic heterocycles. The molecule has 0 spiro atoms. The van der Waals surface area contributed by atoms with E-state index in [2.05, 4.69) is 58.9 Å². The van der Waals surface area contributed by atoms with Crippen LogP contribution in [0.1, 0.15) is 70.0 Å². The summed E-state index contributed by atoms with van der Waals surface area (Å²) in [6.07, 6.45) is 1.04. The second-order valence-corrected chi connectivity index (χ2v) is 11.6. The first-order valence-electron chi connectivity index (χ1n) is 12.1. The van der Waals surface area contributed by atoms with Gasteiger partial charge in [-0.25, -0.2) is 4.79 Å². The van der Waals surface area contributed by atoms with Crippen molar-refractivity contribution in [3.63, 3.8) is 0 Å². The third kappa shape index (κ3) is 6.32. The SMILES string of the molecule is CC(C)(C)C1CCC(N(C(=O)Nc2ccc(OC(F)(F)F)cc2)C2CCc3cc(Br)ccc32)CC1. The lowest BCUT2D eigenvalue weighted by molar-refractivity contribution is -0.274. The molecule has 0 saturated heterocycles. The molecular formula is C27H32BrF3N2O2. The van der Waals surface area contributed by atoms with Crippen LogP contribution in [0.5, 0.6) is 5.75 Å². The van der Waals surface area contributed by atoms with Crippen molar-refractivity contribution in [3.05, 3.63) is 58.1 Å². The van der Waals surface area contributed by atoms with E-state index in [-0.39, 0.29) is 29.3 Å². The van der Waals surface area contributed by atoms with Crippen molar-refractivity contribution in [2.24, 2.45) is 11.3 Å². The van der Waals surface area contributed by atoms with Crippen molar-refractivity contribution in [1.29, 1.82) is 0 Å². The van der Waals surface area contributed by atoms with E-state index in [1.54, 1.807) is 0 Å². The summed E-state index contributed by atoms with van der Waals surface area (Å²) in [6, 6.07) is 11.4. The van der Waals surface area contributed by atoms with Crippen molar-refractivity contribution < 1.29 is 22.7 Å². The summed E-state index contributed by atoms with van der Waals surface area (Å²) >= 11 is 3.55. The maximum atomic E-state index is 13.7. The second-order valence-electron chi connectivity index (χ2n) is 10.7. The molecule has 2 aromatic rings. The van der Waals surface area contributed by atoms with Crippen LogP contribution >= 0.6 is 15.9 Å². The number of halogens is 4. The number of anilines is 1. The number of benzene rings is 2. The first-order chi connectivity index (χ1) is 16.4. The Kier molecular flexibility index (Phi) is 7.41. The van der Waals surface area contributed by atoms with Gasteiger partial charge in [-0.1, -0.05) is 42.8 Å². The summed E-state index contributed by atoms with van der Waals surface area (Å²) in [7, 11) is 0. The largest absolute Gasteiger partial charge is 0.573 e. The van der Waals surface area contributed by atoms with Crippen LogP contribution in [0.25, 0.3) is 0 Å². The Bertz CT molecular complexity index is 1040. The van der Waals surface area contributed by atoms with Gasteiger partial charge in [-0.2, -0.15) is 0 Å². The number of carbonyl (C=O) groups excluding carboxylic acids is 1. The molecule has 4 nitrogen and oxygen atoms in total. The quantitative estimate of drug-likeness (QED) is 0.413. The molecule has 1 atom stereocenters. The molecule has 190 valence electrons. The molecule has 1 N–H and O–H groups in total. The van der Waals surface area contributed by atoms with Crippen molar-refractivity contribution in [2.75, 3.05) is 5.32 Å². The van der Waals surface area contributed by atoms with Crippen molar-refractivity contribution in [1.82, 2.24) is 4.90 Å². The number of aryl methyl sites for hydroxylation is 1. The number of nitrogens with zero attached hydrogens (tertiary/aromatic N) is 1. The number of hydrogen-bond acceptors (Lipinski definition) is 2. The Labute approximate surface area is 213 Å². The van der Waals surface area contributed by atoms with Gasteiger partial charge < -0.3 is 15.0 Å². The highest BCUT2D eigenvalue weighted by Gasteiger charge is 2.39. The van der Waals surface area contributed by atoms with E-state index >= 15 is 0 Å². The first-order valence-corrected chi connectivity index (χ1v) is 12.9. The van der Waals surface area contributed by atoms with E-state index in [1.165, 1.54) is 35.4 Å². The number of urea groups is 1. The molecule has 0 bridgehead atoms. The van der Waals surface area contributed by atoms with Gasteiger partial charge in [-0.3, -0.25) is 0 Å². The van der Waals surface area contributed by atoms with Gasteiger partial charge in [0.25, 0.3) is 0 Å². The Morgan fingerprint density at radius 1 is 1.00 bits per heavy atom. The monoisotopic (exact) mass is 552 g/mol. The van der Waals surface area contributed by atoms with Crippen LogP contribution in [0, 0.1) is 11.3 Å². The summed E-state index contributed by atoms with van der Waals surface area (Å²) in [4.78, 5) is 15.7. The Morgan fingerprint density at radius 2 is 1.66 bits per heavy atom. The predicted octanol–water partition coefficient (Wildman–Crippen LogP) is 8.47. The molecule has 0 radical (unpaired) electrons. The third-order valence-electron chi connectivity index (χ3n) is 7.38. The molecule has 1 fully saturated rings. The van der Waals surface area contributed by atoms with E-state index in [1.807, 2.05) is 11.0 Å². The number of carbonyl (C=O) groups is 1. The number of amides is 2. The number of ether oxygens (including phenoxy) is 1. The number of hydrogen-bond donors (Lipinski definition) is 1. The summed E-state index contributed by atoms with van der Waals surface area (Å²) < 4.78 is 42.4. The minimum Gasteiger partial charge on any atom is -0.406 e. The molecule has 1 saturated carbocycles. The van der Waals surface area contributed by atoms with Crippen LogP contribution < -0.4 is 10.1 Å². The Hall–Kier alpha value is -2.22. The van der Waals surface area contributed by atoms with Crippen LogP contribution in [0.4, 0.5) is 23.7 Å². The first kappa shape index (κ1) is 25.9. The standard InChI is InChI=1S/C27H32BrF3N2O2/c1-26(2,3)18-5-10-21(11-6-18)33(24-15-4-17-16-19(28)7-14-23(17)24)25(34)32-20-8-12-22(13-9-20)35-27(29,30)31/h7-9,12-14,16,18,21,24H,4-6,10-11,15H2,1-3H3,(H,32,34). The number of fused-ring (bicyclic) bond motifs is 1. The smallest absolute Gasteiger partial charge is 0.406 e. The van der Waals surface area contributed by atoms with Gasteiger partial charge in [-0.05, 0) is 97.4 Å². The number of nitrogens with one attached hydrogen (secondary N) is 1. The topological polar surface area (TPSA) is 41.6 Å². The van der Waals surface area contributed by atoms with Gasteiger partial charge in [0.2, 0.25) is 0 Å². The zero-order valence-electron chi connectivity index (χ0n) is 20.3. The summed E-state index contributed by atoms with van der Waals surface area (Å²) in [6.45, 7) is 6.83. The molecule has 2 aliphatic rings. The van der Waals surface area contributed by atoms with E-state index < -0.39 is 6.36 Å². The fourth-order valence-electron chi connectivity index (χ4n) is 5.56. The molecule has 2 aromatic carbocycles. The van der Waals surface area contributed by atoms with E-state index in [4.69, 9.17) is 0 Å². The average Bonchev–Trinajstić information content (AvgIpc) is 3.16. The van der Waals surface area contributed by atoms with Gasteiger partial charge in [0.1, 0.15) is 5.75 Å². The van der Waals surface area contributed by atoms with Gasteiger partial charge in [0.05, 0.1) is 6.04 Å². The van der Waals surface area contributed by atoms with Crippen molar-refractivity contribution in [3.8, 4) is 5.75 Å². The van der Waals surface area contributed by atoms with Crippen LogP contribution in [0.2, 0.25) is 0 Å². The highest BCUT2D eigenvalue weighted by Crippen LogP contribution is 2.44. The maximum absolute atomic E-state index is 13.7. The second kappa shape index (κ2) is 10.0. The molecule has 4 rings (SSSR count). The van der Waals surface area contributed by atoms with Gasteiger partial charge >= 0.3 is 12.4 Å². The van der Waals surface area contributed by atoms with E-state index in [9.17, 15) is 18.0 Å². The van der Waals surface area contributed by atoms with Crippen LogP contribution in [0.3, 0.4) is 0 Å². The lowest BCUT2D eigenvalue weighted by Crippen LogP contribution is -2.47. The summed E-state index contributed by atoms with van der Waals surface area (Å²) in [5.41, 5.74) is 3.10. The zero-order chi connectivity index (χ0) is 25.4. The Balaban J connectivity index is 1.55. The van der Waals surface area contributed by atoms with Crippen LogP contribution in [-0.4, -0.2) is 23.3 Å². The average molecular weight is 553 g/mol. The molecule has 8 heteroatoms. The lowest BCUT2D eigenvalue weighted by Gasteiger charge is -2.43. The summed E-state index contributed by atoms with van der Waals surface area (Å²) in [5, 5.41) is 2.93. The molecule has 2 aliphatic carbocycles. The molecule has 0 aliphatic heterocycles. The normalized spacial score (nSPS) is 22.4. The Morgan fingerprint density at radius 3 is 2.26 bits per heavy atom. The minimum atomic E-state index is -4.75. The van der Waals surface area contributed by atoms with E-state index in [0.717, 1.165) is 43.0 Å².